The Hall–Kier alpha value is -2.52. The first-order valence-corrected chi connectivity index (χ1v) is 11.1. The van der Waals surface area contributed by atoms with Crippen LogP contribution in [0.1, 0.15) is 24.0 Å². The van der Waals surface area contributed by atoms with Crippen LogP contribution in [0.2, 0.25) is 0 Å². The Kier molecular flexibility index (Phi) is 4.35. The third-order valence-corrected chi connectivity index (χ3v) is 7.24. The zero-order valence-corrected chi connectivity index (χ0v) is 16.3. The highest BCUT2D eigenvalue weighted by molar-refractivity contribution is 7.91. The van der Waals surface area contributed by atoms with Crippen molar-refractivity contribution in [3.05, 3.63) is 53.7 Å². The smallest absolute Gasteiger partial charge is 0.291 e. The zero-order chi connectivity index (χ0) is 19.1. The maximum absolute atomic E-state index is 12.7. The van der Waals surface area contributed by atoms with E-state index in [1.54, 1.807) is 11.6 Å². The number of hydrogen-bond donors (Lipinski definition) is 1. The lowest BCUT2D eigenvalue weighted by Crippen LogP contribution is -2.47. The number of thiophene rings is 1. The summed E-state index contributed by atoms with van der Waals surface area (Å²) in [6, 6.07) is 13.3. The lowest BCUT2D eigenvalue weighted by atomic mass is 10.0. The molecule has 7 nitrogen and oxygen atoms in total. The molecule has 1 saturated heterocycles. The molecule has 1 N–H and O–H groups in total. The van der Waals surface area contributed by atoms with E-state index >= 15 is 0 Å². The van der Waals surface area contributed by atoms with Crippen LogP contribution < -0.4 is 5.32 Å². The van der Waals surface area contributed by atoms with Crippen molar-refractivity contribution in [2.75, 3.05) is 11.5 Å². The number of para-hydroxylation sites is 1. The van der Waals surface area contributed by atoms with Crippen molar-refractivity contribution >= 4 is 27.1 Å². The molecule has 0 bridgehead atoms. The van der Waals surface area contributed by atoms with Gasteiger partial charge in [0.2, 0.25) is 5.82 Å². The highest BCUT2D eigenvalue weighted by Gasteiger charge is 2.40. The first-order chi connectivity index (χ1) is 12.9. The summed E-state index contributed by atoms with van der Waals surface area (Å²) >= 11 is 1.51. The Morgan fingerprint density at radius 3 is 2.63 bits per heavy atom. The predicted octanol–water partition coefficient (Wildman–Crippen LogP) is 2.30. The van der Waals surface area contributed by atoms with Gasteiger partial charge in [-0.2, -0.15) is 0 Å². The molecule has 1 atom stereocenters. The molecule has 0 radical (unpaired) electrons. The number of amides is 1. The minimum Gasteiger partial charge on any atom is -0.343 e. The van der Waals surface area contributed by atoms with Crippen LogP contribution in [0.15, 0.2) is 47.8 Å². The molecule has 1 fully saturated rings. The highest BCUT2D eigenvalue weighted by atomic mass is 32.2. The van der Waals surface area contributed by atoms with Crippen LogP contribution >= 0.6 is 11.3 Å². The van der Waals surface area contributed by atoms with Gasteiger partial charge in [0.05, 0.1) is 27.6 Å². The molecule has 3 heterocycles. The predicted molar refractivity (Wildman–Crippen MR) is 104 cm³/mol. The average molecular weight is 403 g/mol. The summed E-state index contributed by atoms with van der Waals surface area (Å²) in [6.45, 7) is 1.74. The van der Waals surface area contributed by atoms with Gasteiger partial charge in [-0.05, 0) is 36.9 Å². The molecule has 4 rings (SSSR count). The Morgan fingerprint density at radius 1 is 1.22 bits per heavy atom. The molecule has 1 unspecified atom stereocenters. The Balaban J connectivity index is 1.69. The van der Waals surface area contributed by atoms with Gasteiger partial charge in [0, 0.05) is 0 Å². The van der Waals surface area contributed by atoms with Crippen molar-refractivity contribution in [3.63, 3.8) is 0 Å². The summed E-state index contributed by atoms with van der Waals surface area (Å²) in [5.41, 5.74) is -0.000809. The molecule has 27 heavy (non-hydrogen) atoms. The zero-order valence-electron chi connectivity index (χ0n) is 14.6. The minimum atomic E-state index is -3.12. The Morgan fingerprint density at radius 2 is 2.00 bits per heavy atom. The Labute approximate surface area is 161 Å². The molecular weight excluding hydrogens is 384 g/mol. The molecule has 1 aliphatic rings. The molecule has 0 spiro atoms. The fraction of sp³-hybridized carbons (Fsp3) is 0.278. The van der Waals surface area contributed by atoms with Gasteiger partial charge in [-0.25, -0.2) is 18.1 Å². The van der Waals surface area contributed by atoms with Crippen molar-refractivity contribution in [3.8, 4) is 16.4 Å². The van der Waals surface area contributed by atoms with Crippen molar-refractivity contribution < 1.29 is 13.2 Å². The summed E-state index contributed by atoms with van der Waals surface area (Å²) < 4.78 is 25.2. The van der Waals surface area contributed by atoms with Gasteiger partial charge in [0.1, 0.15) is 0 Å². The third-order valence-electron chi connectivity index (χ3n) is 4.47. The SMILES string of the molecule is CC1(NC(=O)c2nc(-c3cccs3)n(-c3ccccc3)n2)CCS(=O)(=O)C1. The highest BCUT2D eigenvalue weighted by Crippen LogP contribution is 2.26. The van der Waals surface area contributed by atoms with Crippen LogP contribution in [0, 0.1) is 0 Å². The second-order valence-corrected chi connectivity index (χ2v) is 9.97. The summed E-state index contributed by atoms with van der Waals surface area (Å²) in [7, 11) is -3.12. The average Bonchev–Trinajstić information content (AvgIpc) is 3.34. The van der Waals surface area contributed by atoms with E-state index in [4.69, 9.17) is 0 Å². The fourth-order valence-electron chi connectivity index (χ4n) is 3.16. The largest absolute Gasteiger partial charge is 0.343 e. The monoisotopic (exact) mass is 402 g/mol. The normalized spacial score (nSPS) is 21.2. The number of carbonyl (C=O) groups is 1. The van der Waals surface area contributed by atoms with E-state index in [0.29, 0.717) is 12.2 Å². The molecule has 140 valence electrons. The number of nitrogens with one attached hydrogen (secondary N) is 1. The van der Waals surface area contributed by atoms with E-state index in [9.17, 15) is 13.2 Å². The number of nitrogens with zero attached hydrogens (tertiary/aromatic N) is 3. The van der Waals surface area contributed by atoms with Crippen LogP contribution in [-0.2, 0) is 9.84 Å². The topological polar surface area (TPSA) is 93.9 Å². The van der Waals surface area contributed by atoms with Crippen LogP contribution in [0.3, 0.4) is 0 Å². The molecule has 0 saturated carbocycles. The van der Waals surface area contributed by atoms with Gasteiger partial charge in [-0.1, -0.05) is 24.3 Å². The third kappa shape index (κ3) is 3.65. The van der Waals surface area contributed by atoms with E-state index < -0.39 is 21.3 Å². The first kappa shape index (κ1) is 17.9. The van der Waals surface area contributed by atoms with Crippen LogP contribution in [0.5, 0.6) is 0 Å². The van der Waals surface area contributed by atoms with E-state index in [1.807, 2.05) is 47.8 Å². The number of rotatable bonds is 4. The van der Waals surface area contributed by atoms with Crippen molar-refractivity contribution in [2.45, 2.75) is 18.9 Å². The molecule has 3 aromatic rings. The quantitative estimate of drug-likeness (QED) is 0.723. The molecule has 0 aliphatic carbocycles. The maximum atomic E-state index is 12.7. The minimum absolute atomic E-state index is 0.0211. The van der Waals surface area contributed by atoms with Crippen LogP contribution in [0.4, 0.5) is 0 Å². The molecular formula is C18H18N4O3S2. The molecule has 1 amide bonds. The molecule has 2 aromatic heterocycles. The molecule has 9 heteroatoms. The first-order valence-electron chi connectivity index (χ1n) is 8.45. The maximum Gasteiger partial charge on any atom is 0.291 e. The molecule has 1 aromatic carbocycles. The van der Waals surface area contributed by atoms with Crippen molar-refractivity contribution in [1.82, 2.24) is 20.1 Å². The van der Waals surface area contributed by atoms with Crippen LogP contribution in [-0.4, -0.2) is 46.1 Å². The summed E-state index contributed by atoms with van der Waals surface area (Å²) in [6.07, 6.45) is 0.387. The lowest BCUT2D eigenvalue weighted by Gasteiger charge is -2.22. The van der Waals surface area contributed by atoms with E-state index in [0.717, 1.165) is 10.6 Å². The van der Waals surface area contributed by atoms with E-state index in [1.165, 1.54) is 11.3 Å². The van der Waals surface area contributed by atoms with Gasteiger partial charge in [0.15, 0.2) is 15.7 Å². The van der Waals surface area contributed by atoms with Gasteiger partial charge >= 0.3 is 0 Å². The molecule has 1 aliphatic heterocycles. The number of carbonyl (C=O) groups excluding carboxylic acids is 1. The van der Waals surface area contributed by atoms with E-state index in [2.05, 4.69) is 15.4 Å². The van der Waals surface area contributed by atoms with Gasteiger partial charge in [-0.15, -0.1) is 16.4 Å². The Bertz CT molecular complexity index is 1080. The van der Waals surface area contributed by atoms with Gasteiger partial charge in [-0.3, -0.25) is 4.79 Å². The van der Waals surface area contributed by atoms with Crippen LogP contribution in [0.25, 0.3) is 16.4 Å². The fourth-order valence-corrected chi connectivity index (χ4v) is 5.95. The summed E-state index contributed by atoms with van der Waals surface area (Å²) in [5, 5.41) is 9.14. The second-order valence-electron chi connectivity index (χ2n) is 6.84. The number of hydrogen-bond acceptors (Lipinski definition) is 6. The number of aromatic nitrogens is 3. The number of sulfone groups is 1. The lowest BCUT2D eigenvalue weighted by molar-refractivity contribution is 0.0904. The second kappa shape index (κ2) is 6.58. The summed E-state index contributed by atoms with van der Waals surface area (Å²) in [5.74, 6) is 0.138. The van der Waals surface area contributed by atoms with Gasteiger partial charge in [0.25, 0.3) is 5.91 Å². The van der Waals surface area contributed by atoms with Crippen molar-refractivity contribution in [1.29, 1.82) is 0 Å². The standard InChI is InChI=1S/C18H18N4O3S2/c1-18(9-11-27(24,25)12-18)20-17(23)15-19-16(14-8-5-10-26-14)22(21-15)13-6-3-2-4-7-13/h2-8,10H,9,11-12H2,1H3,(H,20,23). The van der Waals surface area contributed by atoms with Crippen molar-refractivity contribution in [2.24, 2.45) is 0 Å². The number of benzene rings is 1. The van der Waals surface area contributed by atoms with Gasteiger partial charge < -0.3 is 5.32 Å². The van der Waals surface area contributed by atoms with E-state index in [-0.39, 0.29) is 17.3 Å². The summed E-state index contributed by atoms with van der Waals surface area (Å²) in [4.78, 5) is 18.1.